The van der Waals surface area contributed by atoms with Gasteiger partial charge in [0.1, 0.15) is 0 Å². The molecule has 2 N–H and O–H groups in total. The third-order valence-electron chi connectivity index (χ3n) is 4.17. The van der Waals surface area contributed by atoms with Gasteiger partial charge in [-0.25, -0.2) is 5.06 Å². The monoisotopic (exact) mass is 454 g/mol. The molecule has 0 radical (unpaired) electrons. The van der Waals surface area contributed by atoms with E-state index in [2.05, 4.69) is 29.2 Å². The standard InChI is InChI=1S/C20H25INO3/c1-21-18-13-11-16(12-14-18)15-7-9-17(10-8-15)19(23)5-3-4-6-20(24)22(2)25/h7-14,19,23,25H,3-6H2,1-2H3/q-1. The molecule has 0 aliphatic rings. The van der Waals surface area contributed by atoms with Crippen molar-refractivity contribution in [2.75, 3.05) is 12.0 Å². The Labute approximate surface area is 159 Å². The number of hydrogen-bond acceptors (Lipinski definition) is 3. The predicted molar refractivity (Wildman–Crippen MR) is 94.5 cm³/mol. The number of carbonyl (C=O) groups is 1. The second kappa shape index (κ2) is 9.89. The van der Waals surface area contributed by atoms with Crippen molar-refractivity contribution in [1.29, 1.82) is 0 Å². The van der Waals surface area contributed by atoms with Gasteiger partial charge in [-0.05, 0) is 0 Å². The first-order chi connectivity index (χ1) is 12.0. The van der Waals surface area contributed by atoms with E-state index in [0.717, 1.165) is 17.5 Å². The third kappa shape index (κ3) is 6.09. The Morgan fingerprint density at radius 1 is 1.04 bits per heavy atom. The van der Waals surface area contributed by atoms with Gasteiger partial charge in [0, 0.05) is 13.5 Å². The Morgan fingerprint density at radius 3 is 2.12 bits per heavy atom. The van der Waals surface area contributed by atoms with Crippen LogP contribution in [0.5, 0.6) is 0 Å². The molecular formula is C20H25INO3-. The molecule has 2 aromatic carbocycles. The van der Waals surface area contributed by atoms with Crippen molar-refractivity contribution in [2.45, 2.75) is 31.8 Å². The molecule has 5 heteroatoms. The number of rotatable bonds is 8. The second-order valence-electron chi connectivity index (χ2n) is 6.00. The summed E-state index contributed by atoms with van der Waals surface area (Å²) in [6.07, 6.45) is 1.78. The van der Waals surface area contributed by atoms with E-state index in [0.29, 0.717) is 24.3 Å². The summed E-state index contributed by atoms with van der Waals surface area (Å²) in [5.74, 6) is -0.296. The number of benzene rings is 2. The number of halogens is 1. The summed E-state index contributed by atoms with van der Waals surface area (Å²) in [6, 6.07) is 16.7. The zero-order valence-electron chi connectivity index (χ0n) is 14.7. The molecule has 0 aliphatic carbocycles. The number of carbonyl (C=O) groups excluding carboxylic acids is 1. The topological polar surface area (TPSA) is 60.8 Å². The van der Waals surface area contributed by atoms with E-state index in [4.69, 9.17) is 5.21 Å². The van der Waals surface area contributed by atoms with Crippen molar-refractivity contribution in [2.24, 2.45) is 0 Å². The molecule has 0 aromatic heterocycles. The molecule has 4 nitrogen and oxygen atoms in total. The minimum atomic E-state index is -0.525. The third-order valence-corrected chi connectivity index (χ3v) is 6.14. The first-order valence-corrected chi connectivity index (χ1v) is 11.6. The van der Waals surface area contributed by atoms with Crippen LogP contribution in [-0.4, -0.2) is 33.3 Å². The van der Waals surface area contributed by atoms with Gasteiger partial charge in [-0.2, -0.15) is 0 Å². The fraction of sp³-hybridized carbons (Fsp3) is 0.350. The number of hydrogen-bond donors (Lipinski definition) is 2. The maximum atomic E-state index is 11.3. The average Bonchev–Trinajstić information content (AvgIpc) is 2.65. The zero-order chi connectivity index (χ0) is 18.2. The van der Waals surface area contributed by atoms with Crippen molar-refractivity contribution in [1.82, 2.24) is 5.06 Å². The van der Waals surface area contributed by atoms with Crippen LogP contribution in [0, 0.1) is 3.57 Å². The van der Waals surface area contributed by atoms with E-state index in [1.54, 1.807) is 0 Å². The SMILES string of the molecule is C[I-]c1ccc(-c2ccc(C(O)CCCCC(=O)N(C)O)cc2)cc1. The van der Waals surface area contributed by atoms with E-state index < -0.39 is 6.10 Å². The van der Waals surface area contributed by atoms with Crippen LogP contribution in [0.15, 0.2) is 48.5 Å². The molecule has 1 atom stereocenters. The fourth-order valence-electron chi connectivity index (χ4n) is 2.61. The second-order valence-corrected chi connectivity index (χ2v) is 8.32. The number of alkyl halides is 1. The average molecular weight is 454 g/mol. The van der Waals surface area contributed by atoms with Crippen molar-refractivity contribution >= 4 is 5.91 Å². The Morgan fingerprint density at radius 2 is 1.60 bits per heavy atom. The molecule has 0 saturated carbocycles. The number of nitrogens with zero attached hydrogens (tertiary/aromatic N) is 1. The summed E-state index contributed by atoms with van der Waals surface area (Å²) in [4.78, 5) is 13.5. The number of hydroxylamine groups is 2. The van der Waals surface area contributed by atoms with E-state index >= 15 is 0 Å². The molecule has 0 bridgehead atoms. The summed E-state index contributed by atoms with van der Waals surface area (Å²) in [7, 11) is 1.33. The van der Waals surface area contributed by atoms with E-state index in [9.17, 15) is 9.90 Å². The number of unbranched alkanes of at least 4 members (excludes halogenated alkanes) is 1. The van der Waals surface area contributed by atoms with Crippen LogP contribution in [0.1, 0.15) is 37.4 Å². The molecule has 1 amide bonds. The summed E-state index contributed by atoms with van der Waals surface area (Å²) in [5.41, 5.74) is 3.23. The molecule has 0 heterocycles. The van der Waals surface area contributed by atoms with Crippen molar-refractivity contribution in [3.8, 4) is 11.1 Å². The molecule has 0 aliphatic heterocycles. The maximum absolute atomic E-state index is 11.3. The van der Waals surface area contributed by atoms with Crippen LogP contribution >= 0.6 is 0 Å². The minimum absolute atomic E-state index is 0.126. The molecule has 0 spiro atoms. The van der Waals surface area contributed by atoms with Crippen LogP contribution in [0.3, 0.4) is 0 Å². The Kier molecular flexibility index (Phi) is 7.87. The van der Waals surface area contributed by atoms with Crippen LogP contribution in [0.2, 0.25) is 0 Å². The molecule has 1 unspecified atom stereocenters. The molecule has 0 saturated heterocycles. The van der Waals surface area contributed by atoms with Gasteiger partial charge in [0.05, 0.1) is 0 Å². The number of aliphatic hydroxyl groups excluding tert-OH is 1. The van der Waals surface area contributed by atoms with Crippen LogP contribution in [0.4, 0.5) is 0 Å². The summed E-state index contributed by atoms with van der Waals surface area (Å²) < 4.78 is 1.43. The quantitative estimate of drug-likeness (QED) is 0.203. The van der Waals surface area contributed by atoms with Gasteiger partial charge in [-0.1, -0.05) is 0 Å². The first-order valence-electron chi connectivity index (χ1n) is 8.34. The molecular weight excluding hydrogens is 429 g/mol. The van der Waals surface area contributed by atoms with Gasteiger partial charge < -0.3 is 0 Å². The molecule has 2 aromatic rings. The molecule has 136 valence electrons. The first kappa shape index (κ1) is 19.9. The van der Waals surface area contributed by atoms with Crippen LogP contribution in [0.25, 0.3) is 11.1 Å². The van der Waals surface area contributed by atoms with Gasteiger partial charge in [-0.15, -0.1) is 0 Å². The Bertz CT molecular complexity index is 668. The van der Waals surface area contributed by atoms with Gasteiger partial charge in [0.15, 0.2) is 0 Å². The van der Waals surface area contributed by atoms with E-state index in [-0.39, 0.29) is 27.1 Å². The van der Waals surface area contributed by atoms with Crippen LogP contribution < -0.4 is 21.2 Å². The predicted octanol–water partition coefficient (Wildman–Crippen LogP) is 0.683. The van der Waals surface area contributed by atoms with E-state index in [1.807, 2.05) is 24.3 Å². The van der Waals surface area contributed by atoms with Gasteiger partial charge in [0.2, 0.25) is 5.91 Å². The van der Waals surface area contributed by atoms with Crippen molar-refractivity contribution < 1.29 is 36.3 Å². The van der Waals surface area contributed by atoms with Gasteiger partial charge in [-0.3, -0.25) is 10.0 Å². The van der Waals surface area contributed by atoms with Crippen LogP contribution in [-0.2, 0) is 4.79 Å². The molecule has 25 heavy (non-hydrogen) atoms. The molecule has 2 rings (SSSR count). The normalized spacial score (nSPS) is 12.2. The van der Waals surface area contributed by atoms with Crippen molar-refractivity contribution in [3.63, 3.8) is 0 Å². The number of amides is 1. The summed E-state index contributed by atoms with van der Waals surface area (Å²) in [6.45, 7) is 0. The fourth-order valence-corrected chi connectivity index (χ4v) is 3.69. The Balaban J connectivity index is 1.87. The summed E-state index contributed by atoms with van der Waals surface area (Å²) >= 11 is 0.126. The molecule has 0 fully saturated rings. The van der Waals surface area contributed by atoms with Gasteiger partial charge in [0.25, 0.3) is 0 Å². The number of aliphatic hydroxyl groups is 1. The van der Waals surface area contributed by atoms with Crippen molar-refractivity contribution in [3.05, 3.63) is 57.7 Å². The zero-order valence-corrected chi connectivity index (χ0v) is 16.8. The Hall–Kier alpha value is -1.44. The summed E-state index contributed by atoms with van der Waals surface area (Å²) in [5, 5.41) is 19.9. The van der Waals surface area contributed by atoms with Gasteiger partial charge >= 0.3 is 125 Å². The van der Waals surface area contributed by atoms with E-state index in [1.165, 1.54) is 16.2 Å².